The van der Waals surface area contributed by atoms with Gasteiger partial charge in [0.05, 0.1) is 11.3 Å². The molecule has 1 rings (SSSR count). The largest absolute Gasteiger partial charge is 0.318 e. The standard InChI is InChI=1S/C7H6N2O2/c1-5-6(7(10)9-11)3-2-4-8-5/h2-4H,1H3. The van der Waals surface area contributed by atoms with Crippen LogP contribution in [0.5, 0.6) is 0 Å². The summed E-state index contributed by atoms with van der Waals surface area (Å²) in [5, 5.41) is 2.29. The van der Waals surface area contributed by atoms with E-state index in [1.807, 2.05) is 0 Å². The Hall–Kier alpha value is -1.58. The topological polar surface area (TPSA) is 59.4 Å². The van der Waals surface area contributed by atoms with E-state index < -0.39 is 5.91 Å². The molecule has 0 bridgehead atoms. The summed E-state index contributed by atoms with van der Waals surface area (Å²) in [7, 11) is 0. The molecular formula is C7H6N2O2. The van der Waals surface area contributed by atoms with Gasteiger partial charge in [-0.25, -0.2) is 0 Å². The molecule has 0 spiro atoms. The summed E-state index contributed by atoms with van der Waals surface area (Å²) in [5.41, 5.74) is 0.791. The molecular weight excluding hydrogens is 144 g/mol. The van der Waals surface area contributed by atoms with Crippen molar-refractivity contribution in [2.75, 3.05) is 0 Å². The van der Waals surface area contributed by atoms with Crippen molar-refractivity contribution in [1.82, 2.24) is 4.98 Å². The van der Waals surface area contributed by atoms with Crippen LogP contribution < -0.4 is 0 Å². The third-order valence-electron chi connectivity index (χ3n) is 1.32. The van der Waals surface area contributed by atoms with Gasteiger partial charge in [0.15, 0.2) is 0 Å². The van der Waals surface area contributed by atoms with E-state index in [0.717, 1.165) is 0 Å². The lowest BCUT2D eigenvalue weighted by Gasteiger charge is -1.94. The molecule has 56 valence electrons. The van der Waals surface area contributed by atoms with Crippen LogP contribution in [0, 0.1) is 11.8 Å². The molecule has 0 fully saturated rings. The Kier molecular flexibility index (Phi) is 2.06. The van der Waals surface area contributed by atoms with E-state index in [9.17, 15) is 9.70 Å². The molecule has 1 aromatic heterocycles. The van der Waals surface area contributed by atoms with E-state index in [1.165, 1.54) is 6.07 Å². The van der Waals surface area contributed by atoms with Gasteiger partial charge in [0.2, 0.25) is 0 Å². The quantitative estimate of drug-likeness (QED) is 0.567. The zero-order chi connectivity index (χ0) is 8.27. The number of amides is 1. The minimum absolute atomic E-state index is 0.266. The molecule has 0 radical (unpaired) electrons. The second kappa shape index (κ2) is 3.01. The fourth-order valence-corrected chi connectivity index (χ4v) is 0.759. The monoisotopic (exact) mass is 150 g/mol. The van der Waals surface area contributed by atoms with Crippen LogP contribution >= 0.6 is 0 Å². The highest BCUT2D eigenvalue weighted by Gasteiger charge is 2.07. The maximum Gasteiger partial charge on any atom is 0.318 e. The molecule has 0 N–H and O–H groups in total. The summed E-state index contributed by atoms with van der Waals surface area (Å²) < 4.78 is 0. The average Bonchev–Trinajstić information content (AvgIpc) is 2.04. The summed E-state index contributed by atoms with van der Waals surface area (Å²) in [6.45, 7) is 1.65. The van der Waals surface area contributed by atoms with E-state index in [4.69, 9.17) is 0 Å². The van der Waals surface area contributed by atoms with Crippen molar-refractivity contribution in [3.63, 3.8) is 0 Å². The number of nitroso groups, excluding NO2 is 1. The summed E-state index contributed by atoms with van der Waals surface area (Å²) >= 11 is 0. The molecule has 1 heterocycles. The highest BCUT2D eigenvalue weighted by molar-refractivity contribution is 5.95. The second-order valence-electron chi connectivity index (χ2n) is 2.03. The summed E-state index contributed by atoms with van der Waals surface area (Å²) in [4.78, 5) is 24.4. The van der Waals surface area contributed by atoms with Crippen LogP contribution in [0.1, 0.15) is 16.1 Å². The SMILES string of the molecule is Cc1ncccc1C(=O)N=O. The van der Waals surface area contributed by atoms with E-state index >= 15 is 0 Å². The number of nitrogens with zero attached hydrogens (tertiary/aromatic N) is 2. The van der Waals surface area contributed by atoms with Gasteiger partial charge in [-0.05, 0) is 19.1 Å². The number of aromatic nitrogens is 1. The first-order valence-corrected chi connectivity index (χ1v) is 3.05. The third kappa shape index (κ3) is 1.46. The van der Waals surface area contributed by atoms with Crippen LogP contribution in [0.4, 0.5) is 0 Å². The minimum Gasteiger partial charge on any atom is -0.263 e. The molecule has 0 aliphatic carbocycles. The fraction of sp³-hybridized carbons (Fsp3) is 0.143. The number of carbonyl (C=O) groups excluding carboxylic acids is 1. The number of rotatable bonds is 1. The molecule has 0 saturated heterocycles. The van der Waals surface area contributed by atoms with Gasteiger partial charge in [0, 0.05) is 11.4 Å². The van der Waals surface area contributed by atoms with E-state index in [1.54, 1.807) is 19.2 Å². The lowest BCUT2D eigenvalue weighted by molar-refractivity contribution is 0.1000. The van der Waals surface area contributed by atoms with E-state index in [0.29, 0.717) is 5.69 Å². The molecule has 0 atom stereocenters. The fourth-order valence-electron chi connectivity index (χ4n) is 0.759. The number of hydrogen-bond acceptors (Lipinski definition) is 3. The van der Waals surface area contributed by atoms with Gasteiger partial charge in [0.1, 0.15) is 0 Å². The predicted molar refractivity (Wildman–Crippen MR) is 39.1 cm³/mol. The maximum atomic E-state index is 10.7. The molecule has 0 aliphatic rings. The molecule has 4 nitrogen and oxygen atoms in total. The first-order valence-electron chi connectivity index (χ1n) is 3.05. The summed E-state index contributed by atoms with van der Waals surface area (Å²) in [6, 6.07) is 3.11. The van der Waals surface area contributed by atoms with Crippen molar-refractivity contribution in [3.8, 4) is 0 Å². The second-order valence-corrected chi connectivity index (χ2v) is 2.03. The van der Waals surface area contributed by atoms with Crippen molar-refractivity contribution in [2.24, 2.45) is 5.18 Å². The van der Waals surface area contributed by atoms with Crippen LogP contribution in [0.25, 0.3) is 0 Å². The van der Waals surface area contributed by atoms with Crippen molar-refractivity contribution in [3.05, 3.63) is 34.5 Å². The molecule has 0 aliphatic heterocycles. The molecule has 11 heavy (non-hydrogen) atoms. The first kappa shape index (κ1) is 7.53. The van der Waals surface area contributed by atoms with Crippen molar-refractivity contribution < 1.29 is 4.79 Å². The van der Waals surface area contributed by atoms with Crippen LogP contribution in [-0.2, 0) is 0 Å². The Balaban J connectivity index is 3.13. The van der Waals surface area contributed by atoms with Crippen LogP contribution in [0.15, 0.2) is 23.5 Å². The Morgan fingerprint density at radius 3 is 2.91 bits per heavy atom. The summed E-state index contributed by atoms with van der Waals surface area (Å²) in [5.74, 6) is -0.768. The molecule has 4 heteroatoms. The highest BCUT2D eigenvalue weighted by Crippen LogP contribution is 2.04. The maximum absolute atomic E-state index is 10.7. The molecule has 0 unspecified atom stereocenters. The first-order chi connectivity index (χ1) is 5.25. The summed E-state index contributed by atoms with van der Waals surface area (Å²) in [6.07, 6.45) is 1.55. The number of aryl methyl sites for hydroxylation is 1. The lowest BCUT2D eigenvalue weighted by atomic mass is 10.2. The van der Waals surface area contributed by atoms with Gasteiger partial charge in [-0.3, -0.25) is 9.78 Å². The Morgan fingerprint density at radius 2 is 2.36 bits per heavy atom. The highest BCUT2D eigenvalue weighted by atomic mass is 16.3. The Bertz CT molecular complexity index is 296. The van der Waals surface area contributed by atoms with Crippen LogP contribution in [0.3, 0.4) is 0 Å². The molecule has 0 saturated carbocycles. The van der Waals surface area contributed by atoms with E-state index in [-0.39, 0.29) is 5.56 Å². The van der Waals surface area contributed by atoms with Crippen molar-refractivity contribution >= 4 is 5.91 Å². The van der Waals surface area contributed by atoms with Crippen LogP contribution in [-0.4, -0.2) is 10.9 Å². The van der Waals surface area contributed by atoms with Gasteiger partial charge in [-0.2, -0.15) is 0 Å². The van der Waals surface area contributed by atoms with Crippen molar-refractivity contribution in [2.45, 2.75) is 6.92 Å². The van der Waals surface area contributed by atoms with Gasteiger partial charge in [-0.15, -0.1) is 4.91 Å². The average molecular weight is 150 g/mol. The molecule has 1 amide bonds. The molecule has 0 aromatic carbocycles. The van der Waals surface area contributed by atoms with Gasteiger partial charge in [0.25, 0.3) is 0 Å². The Morgan fingerprint density at radius 1 is 1.64 bits per heavy atom. The van der Waals surface area contributed by atoms with Gasteiger partial charge in [-0.1, -0.05) is 0 Å². The van der Waals surface area contributed by atoms with E-state index in [2.05, 4.69) is 10.2 Å². The third-order valence-corrected chi connectivity index (χ3v) is 1.32. The van der Waals surface area contributed by atoms with Gasteiger partial charge >= 0.3 is 5.91 Å². The number of hydrogen-bond donors (Lipinski definition) is 0. The smallest absolute Gasteiger partial charge is 0.263 e. The number of pyridine rings is 1. The zero-order valence-corrected chi connectivity index (χ0v) is 5.94. The molecule has 1 aromatic rings. The normalized spacial score (nSPS) is 9.18. The number of carbonyl (C=O) groups is 1. The predicted octanol–water partition coefficient (Wildman–Crippen LogP) is 1.30. The Labute approximate surface area is 63.2 Å². The van der Waals surface area contributed by atoms with Crippen LogP contribution in [0.2, 0.25) is 0 Å². The minimum atomic E-state index is -0.768. The lowest BCUT2D eigenvalue weighted by Crippen LogP contribution is -1.98. The van der Waals surface area contributed by atoms with Gasteiger partial charge < -0.3 is 0 Å². The zero-order valence-electron chi connectivity index (χ0n) is 5.94. The van der Waals surface area contributed by atoms with Crippen molar-refractivity contribution in [1.29, 1.82) is 0 Å².